The molecule has 1 heterocycles. The van der Waals surface area contributed by atoms with Gasteiger partial charge in [-0.15, -0.1) is 10.2 Å². The molecule has 2 aromatic rings. The first-order chi connectivity index (χ1) is 7.68. The lowest BCUT2D eigenvalue weighted by molar-refractivity contribution is 0.544. The van der Waals surface area contributed by atoms with E-state index in [-0.39, 0.29) is 5.56 Å². The van der Waals surface area contributed by atoms with Crippen LogP contribution in [0, 0.1) is 11.6 Å². The Balaban J connectivity index is 2.24. The fourth-order valence-electron chi connectivity index (χ4n) is 1.42. The highest BCUT2D eigenvalue weighted by Gasteiger charge is 2.16. The first-order valence-electron chi connectivity index (χ1n) is 4.65. The van der Waals surface area contributed by atoms with Crippen molar-refractivity contribution in [1.82, 2.24) is 10.2 Å². The van der Waals surface area contributed by atoms with Gasteiger partial charge in [0.1, 0.15) is 17.1 Å². The van der Waals surface area contributed by atoms with Gasteiger partial charge in [0.2, 0.25) is 5.13 Å². The second-order valence-corrected chi connectivity index (χ2v) is 4.08. The Kier molecular flexibility index (Phi) is 3.09. The molecular weight excluding hydrogens is 232 g/mol. The Morgan fingerprint density at radius 2 is 2.00 bits per heavy atom. The zero-order chi connectivity index (χ0) is 11.5. The van der Waals surface area contributed by atoms with E-state index in [0.717, 1.165) is 0 Å². The monoisotopic (exact) mass is 241 g/mol. The van der Waals surface area contributed by atoms with Gasteiger partial charge in [0, 0.05) is 5.56 Å². The molecule has 0 radical (unpaired) electrons. The Morgan fingerprint density at radius 1 is 1.31 bits per heavy atom. The van der Waals surface area contributed by atoms with E-state index >= 15 is 0 Å². The highest BCUT2D eigenvalue weighted by molar-refractivity contribution is 7.13. The minimum absolute atomic E-state index is 0.0118. The third kappa shape index (κ3) is 2.16. The van der Waals surface area contributed by atoms with Crippen molar-refractivity contribution in [2.24, 2.45) is 0 Å². The maximum Gasteiger partial charge on any atom is 0.205 e. The van der Waals surface area contributed by atoms with Crippen LogP contribution in [0.3, 0.4) is 0 Å². The molecule has 0 saturated carbocycles. The van der Waals surface area contributed by atoms with Crippen molar-refractivity contribution in [2.75, 3.05) is 5.32 Å². The second-order valence-electron chi connectivity index (χ2n) is 3.25. The molecule has 0 aliphatic carbocycles. The van der Waals surface area contributed by atoms with Crippen LogP contribution in [-0.2, 0) is 0 Å². The van der Waals surface area contributed by atoms with E-state index in [1.807, 2.05) is 0 Å². The molecule has 3 nitrogen and oxygen atoms in total. The summed E-state index contributed by atoms with van der Waals surface area (Å²) >= 11 is 1.28. The normalized spacial score (nSPS) is 12.4. The van der Waals surface area contributed by atoms with Gasteiger partial charge in [0.25, 0.3) is 0 Å². The zero-order valence-electron chi connectivity index (χ0n) is 8.45. The summed E-state index contributed by atoms with van der Waals surface area (Å²) < 4.78 is 26.8. The van der Waals surface area contributed by atoms with E-state index in [9.17, 15) is 8.78 Å². The summed E-state index contributed by atoms with van der Waals surface area (Å²) in [6, 6.07) is 3.31. The van der Waals surface area contributed by atoms with Gasteiger partial charge in [-0.25, -0.2) is 8.78 Å². The van der Waals surface area contributed by atoms with Crippen LogP contribution in [0.5, 0.6) is 0 Å². The fourth-order valence-corrected chi connectivity index (χ4v) is 1.95. The molecule has 0 bridgehead atoms. The van der Waals surface area contributed by atoms with Gasteiger partial charge in [-0.05, 0) is 19.1 Å². The van der Waals surface area contributed by atoms with Crippen molar-refractivity contribution in [3.63, 3.8) is 0 Å². The van der Waals surface area contributed by atoms with Crippen LogP contribution in [-0.4, -0.2) is 10.2 Å². The fraction of sp³-hybridized carbons (Fsp3) is 0.200. The molecule has 1 aromatic carbocycles. The highest BCUT2D eigenvalue weighted by atomic mass is 32.1. The average Bonchev–Trinajstić information content (AvgIpc) is 2.70. The molecule has 1 aromatic heterocycles. The molecule has 0 aliphatic rings. The van der Waals surface area contributed by atoms with Gasteiger partial charge < -0.3 is 5.32 Å². The molecule has 2 rings (SSSR count). The number of hydrogen-bond acceptors (Lipinski definition) is 4. The van der Waals surface area contributed by atoms with Crippen molar-refractivity contribution in [2.45, 2.75) is 13.0 Å². The van der Waals surface area contributed by atoms with Crippen LogP contribution in [0.15, 0.2) is 23.7 Å². The number of hydrogen-bond donors (Lipinski definition) is 1. The summed E-state index contributed by atoms with van der Waals surface area (Å²) in [6.07, 6.45) is 0. The van der Waals surface area contributed by atoms with Gasteiger partial charge in [-0.2, -0.15) is 0 Å². The molecule has 84 valence electrons. The SMILES string of the molecule is CC(Nc1nncs1)c1c(F)cccc1F. The van der Waals surface area contributed by atoms with Gasteiger partial charge in [0.05, 0.1) is 6.04 Å². The molecule has 0 spiro atoms. The maximum atomic E-state index is 13.4. The largest absolute Gasteiger partial charge is 0.353 e. The summed E-state index contributed by atoms with van der Waals surface area (Å²) in [5.41, 5.74) is 1.56. The summed E-state index contributed by atoms with van der Waals surface area (Å²) in [5, 5.41) is 10.8. The van der Waals surface area contributed by atoms with Crippen molar-refractivity contribution in [1.29, 1.82) is 0 Å². The van der Waals surface area contributed by atoms with Crippen LogP contribution >= 0.6 is 11.3 Å². The Bertz CT molecular complexity index is 453. The minimum Gasteiger partial charge on any atom is -0.353 e. The molecule has 0 aliphatic heterocycles. The van der Waals surface area contributed by atoms with E-state index in [4.69, 9.17) is 0 Å². The standard InChI is InChI=1S/C10H9F2N3S/c1-6(14-10-15-13-5-16-10)9-7(11)3-2-4-8(9)12/h2-6H,1H3,(H,14,15). The first kappa shape index (κ1) is 10.9. The highest BCUT2D eigenvalue weighted by Crippen LogP contribution is 2.24. The van der Waals surface area contributed by atoms with Crippen LogP contribution in [0.4, 0.5) is 13.9 Å². The first-order valence-corrected chi connectivity index (χ1v) is 5.53. The predicted molar refractivity (Wildman–Crippen MR) is 58.3 cm³/mol. The summed E-state index contributed by atoms with van der Waals surface area (Å²) in [7, 11) is 0. The van der Waals surface area contributed by atoms with Crippen molar-refractivity contribution in [3.05, 3.63) is 40.9 Å². The van der Waals surface area contributed by atoms with Crippen LogP contribution < -0.4 is 5.32 Å². The zero-order valence-corrected chi connectivity index (χ0v) is 9.26. The topological polar surface area (TPSA) is 37.8 Å². The molecular formula is C10H9F2N3S. The van der Waals surface area contributed by atoms with Crippen molar-refractivity contribution < 1.29 is 8.78 Å². The number of aromatic nitrogens is 2. The lowest BCUT2D eigenvalue weighted by atomic mass is 10.1. The third-order valence-electron chi connectivity index (χ3n) is 2.13. The van der Waals surface area contributed by atoms with Gasteiger partial charge >= 0.3 is 0 Å². The molecule has 16 heavy (non-hydrogen) atoms. The van der Waals surface area contributed by atoms with Crippen LogP contribution in [0.2, 0.25) is 0 Å². The Labute approximate surface area is 95.1 Å². The van der Waals surface area contributed by atoms with E-state index in [2.05, 4.69) is 15.5 Å². The number of nitrogens with zero attached hydrogens (tertiary/aromatic N) is 2. The smallest absolute Gasteiger partial charge is 0.205 e. The van der Waals surface area contributed by atoms with E-state index in [1.165, 1.54) is 29.5 Å². The Hall–Kier alpha value is -1.56. The van der Waals surface area contributed by atoms with Gasteiger partial charge in [0.15, 0.2) is 0 Å². The van der Waals surface area contributed by atoms with Crippen LogP contribution in [0.25, 0.3) is 0 Å². The number of rotatable bonds is 3. The summed E-state index contributed by atoms with van der Waals surface area (Å²) in [6.45, 7) is 1.67. The predicted octanol–water partition coefficient (Wildman–Crippen LogP) is 2.99. The summed E-state index contributed by atoms with van der Waals surface area (Å²) in [4.78, 5) is 0. The summed E-state index contributed by atoms with van der Waals surface area (Å²) in [5.74, 6) is -1.13. The van der Waals surface area contributed by atoms with Gasteiger partial charge in [-0.1, -0.05) is 17.4 Å². The second kappa shape index (κ2) is 4.52. The number of anilines is 1. The van der Waals surface area contributed by atoms with Gasteiger partial charge in [-0.3, -0.25) is 0 Å². The number of benzene rings is 1. The van der Waals surface area contributed by atoms with E-state index in [0.29, 0.717) is 5.13 Å². The number of nitrogens with one attached hydrogen (secondary N) is 1. The lowest BCUT2D eigenvalue weighted by Gasteiger charge is -2.14. The third-order valence-corrected chi connectivity index (χ3v) is 2.76. The average molecular weight is 241 g/mol. The van der Waals surface area contributed by atoms with E-state index < -0.39 is 17.7 Å². The molecule has 0 amide bonds. The van der Waals surface area contributed by atoms with E-state index in [1.54, 1.807) is 12.4 Å². The molecule has 6 heteroatoms. The molecule has 1 unspecified atom stereocenters. The quantitative estimate of drug-likeness (QED) is 0.897. The lowest BCUT2D eigenvalue weighted by Crippen LogP contribution is -2.10. The molecule has 0 saturated heterocycles. The van der Waals surface area contributed by atoms with Crippen molar-refractivity contribution >= 4 is 16.5 Å². The molecule has 0 fully saturated rings. The minimum atomic E-state index is -0.565. The molecule has 1 N–H and O–H groups in total. The number of halogens is 2. The van der Waals surface area contributed by atoms with Crippen molar-refractivity contribution in [3.8, 4) is 0 Å². The Morgan fingerprint density at radius 3 is 2.56 bits per heavy atom. The molecule has 1 atom stereocenters. The van der Waals surface area contributed by atoms with Crippen LogP contribution in [0.1, 0.15) is 18.5 Å². The maximum absolute atomic E-state index is 13.4.